The zero-order valence-electron chi connectivity index (χ0n) is 12.4. The van der Waals surface area contributed by atoms with Gasteiger partial charge in [-0.2, -0.15) is 0 Å². The summed E-state index contributed by atoms with van der Waals surface area (Å²) in [6, 6.07) is 0. The number of unbranched alkanes of at least 4 members (excludes halogenated alkanes) is 12. The topological polar surface area (TPSA) is 37.3 Å². The minimum absolute atomic E-state index is 0.335. The maximum atomic E-state index is 10.3. The number of carboxylic acids is 1. The molecular formula is C17H31O2. The van der Waals surface area contributed by atoms with Gasteiger partial charge in [0.15, 0.2) is 0 Å². The Labute approximate surface area is 119 Å². The van der Waals surface area contributed by atoms with Crippen LogP contribution in [0.25, 0.3) is 0 Å². The first-order valence-corrected chi connectivity index (χ1v) is 8.02. The van der Waals surface area contributed by atoms with E-state index >= 15 is 0 Å². The third kappa shape index (κ3) is 17.2. The molecule has 0 bridgehead atoms. The molecule has 19 heavy (non-hydrogen) atoms. The maximum absolute atomic E-state index is 10.3. The van der Waals surface area contributed by atoms with Crippen molar-refractivity contribution in [2.24, 2.45) is 0 Å². The van der Waals surface area contributed by atoms with Gasteiger partial charge in [-0.05, 0) is 19.3 Å². The highest BCUT2D eigenvalue weighted by Gasteiger charge is 1.96. The lowest BCUT2D eigenvalue weighted by Crippen LogP contribution is -1.93. The summed E-state index contributed by atoms with van der Waals surface area (Å²) in [6.07, 6.45) is 18.2. The molecule has 0 rings (SSSR count). The summed E-state index contributed by atoms with van der Waals surface area (Å²) >= 11 is 0. The summed E-state index contributed by atoms with van der Waals surface area (Å²) in [5, 5.41) is 8.50. The van der Waals surface area contributed by atoms with Crippen LogP contribution < -0.4 is 0 Å². The fourth-order valence-electron chi connectivity index (χ4n) is 2.31. The Balaban J connectivity index is 2.95. The lowest BCUT2D eigenvalue weighted by molar-refractivity contribution is -0.137. The molecule has 2 nitrogen and oxygen atoms in total. The van der Waals surface area contributed by atoms with Crippen LogP contribution in [-0.2, 0) is 4.79 Å². The first kappa shape index (κ1) is 18.2. The quantitative estimate of drug-likeness (QED) is 0.396. The fourth-order valence-corrected chi connectivity index (χ4v) is 2.31. The van der Waals surface area contributed by atoms with Crippen molar-refractivity contribution in [1.29, 1.82) is 0 Å². The van der Waals surface area contributed by atoms with Crippen molar-refractivity contribution in [2.45, 2.75) is 89.9 Å². The van der Waals surface area contributed by atoms with Gasteiger partial charge in [-0.1, -0.05) is 76.9 Å². The first-order valence-electron chi connectivity index (χ1n) is 8.02. The third-order valence-electron chi connectivity index (χ3n) is 3.51. The molecule has 0 heterocycles. The molecule has 0 aromatic carbocycles. The van der Waals surface area contributed by atoms with Gasteiger partial charge in [-0.25, -0.2) is 0 Å². The second kappa shape index (κ2) is 15.3. The first-order chi connectivity index (χ1) is 9.27. The summed E-state index contributed by atoms with van der Waals surface area (Å²) < 4.78 is 0. The number of allylic oxidation sites excluding steroid dienone is 1. The molecule has 0 aliphatic carbocycles. The van der Waals surface area contributed by atoms with E-state index in [9.17, 15) is 4.79 Å². The SMILES string of the molecule is [CH]=CCCCCCCCCCCCCCCC(=O)O. The molecule has 2 heteroatoms. The minimum Gasteiger partial charge on any atom is -0.481 e. The van der Waals surface area contributed by atoms with Crippen molar-refractivity contribution in [1.82, 2.24) is 0 Å². The van der Waals surface area contributed by atoms with Gasteiger partial charge in [-0.3, -0.25) is 4.79 Å². The number of hydrogen-bond acceptors (Lipinski definition) is 1. The summed E-state index contributed by atoms with van der Waals surface area (Å²) in [7, 11) is 0. The Morgan fingerprint density at radius 1 is 0.737 bits per heavy atom. The maximum Gasteiger partial charge on any atom is 0.303 e. The Kier molecular flexibility index (Phi) is 14.6. The van der Waals surface area contributed by atoms with Gasteiger partial charge in [0.2, 0.25) is 0 Å². The van der Waals surface area contributed by atoms with Crippen LogP contribution in [0.5, 0.6) is 0 Å². The van der Waals surface area contributed by atoms with Crippen LogP contribution in [-0.4, -0.2) is 11.1 Å². The summed E-state index contributed by atoms with van der Waals surface area (Å²) in [5.41, 5.74) is 0. The molecule has 0 unspecified atom stereocenters. The minimum atomic E-state index is -0.663. The lowest BCUT2D eigenvalue weighted by Gasteiger charge is -2.02. The normalized spacial score (nSPS) is 10.5. The standard InChI is InChI=1S/C17H31O2/c1-2-3-4-5-6-7-8-9-10-11-12-13-14-15-16-17(18)19/h1-2H,3-16H2,(H,18,19). The van der Waals surface area contributed by atoms with Crippen LogP contribution >= 0.6 is 0 Å². The van der Waals surface area contributed by atoms with Crippen molar-refractivity contribution >= 4 is 5.97 Å². The van der Waals surface area contributed by atoms with Gasteiger partial charge in [0, 0.05) is 6.42 Å². The van der Waals surface area contributed by atoms with Crippen molar-refractivity contribution in [3.8, 4) is 0 Å². The highest BCUT2D eigenvalue weighted by molar-refractivity contribution is 5.66. The Bertz CT molecular complexity index is 211. The van der Waals surface area contributed by atoms with Crippen LogP contribution in [0.3, 0.4) is 0 Å². The predicted octanol–water partition coefficient (Wildman–Crippen LogP) is 5.52. The number of aliphatic carboxylic acids is 1. The van der Waals surface area contributed by atoms with Gasteiger partial charge in [0.1, 0.15) is 0 Å². The highest BCUT2D eigenvalue weighted by Crippen LogP contribution is 2.12. The van der Waals surface area contributed by atoms with E-state index in [-0.39, 0.29) is 0 Å². The molecule has 0 aliphatic rings. The average molecular weight is 267 g/mol. The van der Waals surface area contributed by atoms with E-state index in [2.05, 4.69) is 0 Å². The number of hydrogen-bond donors (Lipinski definition) is 1. The molecule has 0 aromatic heterocycles. The van der Waals surface area contributed by atoms with Crippen LogP contribution in [0.15, 0.2) is 6.08 Å². The molecule has 0 saturated heterocycles. The zero-order chi connectivity index (χ0) is 14.2. The molecule has 111 valence electrons. The summed E-state index contributed by atoms with van der Waals surface area (Å²) in [6.45, 7) is 5.33. The predicted molar refractivity (Wildman–Crippen MR) is 81.1 cm³/mol. The van der Waals surface area contributed by atoms with Gasteiger partial charge in [-0.15, -0.1) is 0 Å². The zero-order valence-corrected chi connectivity index (χ0v) is 12.4. The fraction of sp³-hybridized carbons (Fsp3) is 0.824. The molecule has 0 spiro atoms. The van der Waals surface area contributed by atoms with E-state index in [1.54, 1.807) is 6.08 Å². The Morgan fingerprint density at radius 2 is 1.11 bits per heavy atom. The molecule has 0 atom stereocenters. The summed E-state index contributed by atoms with van der Waals surface area (Å²) in [5.74, 6) is -0.663. The van der Waals surface area contributed by atoms with Crippen LogP contribution in [0.2, 0.25) is 0 Å². The number of rotatable bonds is 15. The molecule has 0 aromatic rings. The second-order valence-electron chi connectivity index (χ2n) is 5.41. The lowest BCUT2D eigenvalue weighted by atomic mass is 10.0. The van der Waals surface area contributed by atoms with Gasteiger partial charge < -0.3 is 5.11 Å². The smallest absolute Gasteiger partial charge is 0.303 e. The second-order valence-corrected chi connectivity index (χ2v) is 5.41. The molecule has 1 N–H and O–H groups in total. The van der Waals surface area contributed by atoms with E-state index in [0.29, 0.717) is 6.42 Å². The van der Waals surface area contributed by atoms with E-state index < -0.39 is 5.97 Å². The Morgan fingerprint density at radius 3 is 1.47 bits per heavy atom. The molecule has 0 fully saturated rings. The Hall–Kier alpha value is -0.790. The van der Waals surface area contributed by atoms with Crippen LogP contribution in [0, 0.1) is 6.58 Å². The number of carboxylic acid groups (broad SMARTS) is 1. The van der Waals surface area contributed by atoms with Crippen LogP contribution in [0.4, 0.5) is 0 Å². The molecule has 1 radical (unpaired) electrons. The van der Waals surface area contributed by atoms with E-state index in [1.165, 1.54) is 64.2 Å². The van der Waals surface area contributed by atoms with Crippen molar-refractivity contribution < 1.29 is 9.90 Å². The number of carbonyl (C=O) groups is 1. The van der Waals surface area contributed by atoms with E-state index in [1.807, 2.05) is 0 Å². The third-order valence-corrected chi connectivity index (χ3v) is 3.51. The van der Waals surface area contributed by atoms with Crippen molar-refractivity contribution in [3.05, 3.63) is 12.7 Å². The highest BCUT2D eigenvalue weighted by atomic mass is 16.4. The van der Waals surface area contributed by atoms with Gasteiger partial charge in [0.05, 0.1) is 0 Å². The average Bonchev–Trinajstić information content (AvgIpc) is 2.39. The monoisotopic (exact) mass is 267 g/mol. The summed E-state index contributed by atoms with van der Waals surface area (Å²) in [4.78, 5) is 10.3. The molecule has 0 aliphatic heterocycles. The van der Waals surface area contributed by atoms with E-state index in [4.69, 9.17) is 11.7 Å². The molecular weight excluding hydrogens is 236 g/mol. The molecule has 0 saturated carbocycles. The van der Waals surface area contributed by atoms with E-state index in [0.717, 1.165) is 19.3 Å². The van der Waals surface area contributed by atoms with Gasteiger partial charge in [0.25, 0.3) is 0 Å². The van der Waals surface area contributed by atoms with Crippen molar-refractivity contribution in [3.63, 3.8) is 0 Å². The van der Waals surface area contributed by atoms with Gasteiger partial charge >= 0.3 is 5.97 Å². The largest absolute Gasteiger partial charge is 0.481 e. The van der Waals surface area contributed by atoms with Crippen LogP contribution in [0.1, 0.15) is 89.9 Å². The molecule has 0 amide bonds. The van der Waals surface area contributed by atoms with Crippen molar-refractivity contribution in [2.75, 3.05) is 0 Å².